The number of benzene rings is 1. The minimum atomic E-state index is -3.64. The number of nitrogens with one attached hydrogen (secondary N) is 1. The highest BCUT2D eigenvalue weighted by Crippen LogP contribution is 2.18. The van der Waals surface area contributed by atoms with E-state index in [1.165, 1.54) is 62.1 Å². The van der Waals surface area contributed by atoms with E-state index in [0.717, 1.165) is 4.31 Å². The van der Waals surface area contributed by atoms with E-state index < -0.39 is 28.5 Å². The van der Waals surface area contributed by atoms with Crippen LogP contribution < -0.4 is 5.32 Å². The van der Waals surface area contributed by atoms with Gasteiger partial charge in [0.1, 0.15) is 5.69 Å². The smallest absolute Gasteiger partial charge is 0.355 e. The number of ether oxygens (including phenoxy) is 1. The summed E-state index contributed by atoms with van der Waals surface area (Å²) in [5.41, 5.74) is 0.747. The van der Waals surface area contributed by atoms with Crippen LogP contribution in [-0.2, 0) is 26.6 Å². The third kappa shape index (κ3) is 4.84. The molecule has 0 radical (unpaired) electrons. The third-order valence-electron chi connectivity index (χ3n) is 3.85. The molecule has 0 spiro atoms. The molecule has 0 unspecified atom stereocenters. The molecule has 0 fully saturated rings. The maximum absolute atomic E-state index is 12.1. The van der Waals surface area contributed by atoms with Crippen molar-refractivity contribution in [1.82, 2.24) is 8.87 Å². The van der Waals surface area contributed by atoms with E-state index in [0.29, 0.717) is 5.56 Å². The average molecular weight is 407 g/mol. The molecule has 0 aliphatic rings. The van der Waals surface area contributed by atoms with Crippen molar-refractivity contribution in [3.8, 4) is 0 Å². The van der Waals surface area contributed by atoms with Gasteiger partial charge in [0.25, 0.3) is 5.91 Å². The summed E-state index contributed by atoms with van der Waals surface area (Å²) >= 11 is 0. The number of aromatic nitrogens is 1. The Morgan fingerprint density at radius 1 is 1.18 bits per heavy atom. The van der Waals surface area contributed by atoms with E-state index in [9.17, 15) is 22.8 Å². The number of esters is 1. The summed E-state index contributed by atoms with van der Waals surface area (Å²) in [5.74, 6) is -1.58. The Morgan fingerprint density at radius 3 is 2.43 bits per heavy atom. The first-order valence-corrected chi connectivity index (χ1v) is 9.63. The van der Waals surface area contributed by atoms with Crippen molar-refractivity contribution in [2.45, 2.75) is 11.8 Å². The topological polar surface area (TPSA) is 115 Å². The first kappa shape index (κ1) is 21.3. The summed E-state index contributed by atoms with van der Waals surface area (Å²) in [6.07, 6.45) is 1.50. The molecule has 1 aromatic heterocycles. The maximum Gasteiger partial charge on any atom is 0.355 e. The second-order valence-corrected chi connectivity index (χ2v) is 8.37. The fourth-order valence-corrected chi connectivity index (χ4v) is 3.26. The predicted molar refractivity (Wildman–Crippen MR) is 102 cm³/mol. The average Bonchev–Trinajstić information content (AvgIpc) is 3.02. The molecule has 0 saturated carbocycles. The highest BCUT2D eigenvalue weighted by atomic mass is 32.2. The molecule has 1 heterocycles. The number of rotatable bonds is 7. The summed E-state index contributed by atoms with van der Waals surface area (Å²) in [5, 5.41) is 2.48. The molecule has 28 heavy (non-hydrogen) atoms. The van der Waals surface area contributed by atoms with Gasteiger partial charge in [-0.25, -0.2) is 17.5 Å². The monoisotopic (exact) mass is 407 g/mol. The van der Waals surface area contributed by atoms with Gasteiger partial charge in [0, 0.05) is 38.6 Å². The van der Waals surface area contributed by atoms with Gasteiger partial charge >= 0.3 is 5.97 Å². The van der Waals surface area contributed by atoms with Gasteiger partial charge < -0.3 is 14.6 Å². The molecule has 2 rings (SSSR count). The van der Waals surface area contributed by atoms with E-state index in [2.05, 4.69) is 5.32 Å². The lowest BCUT2D eigenvalue weighted by molar-refractivity contribution is -0.119. The third-order valence-corrected chi connectivity index (χ3v) is 5.66. The Bertz CT molecular complexity index is 1020. The number of hydrogen-bond acceptors (Lipinski definition) is 6. The first-order valence-electron chi connectivity index (χ1n) is 8.19. The lowest BCUT2D eigenvalue weighted by atomic mass is 10.2. The molecule has 10 heteroatoms. The van der Waals surface area contributed by atoms with Crippen LogP contribution >= 0.6 is 0 Å². The molecule has 0 saturated heterocycles. The summed E-state index contributed by atoms with van der Waals surface area (Å²) < 4.78 is 31.7. The summed E-state index contributed by atoms with van der Waals surface area (Å²) in [7, 11) is 0.751. The minimum absolute atomic E-state index is 0.0212. The van der Waals surface area contributed by atoms with Gasteiger partial charge in [0.2, 0.25) is 10.0 Å². The van der Waals surface area contributed by atoms with Crippen LogP contribution in [0.15, 0.2) is 41.4 Å². The normalized spacial score (nSPS) is 11.3. The molecule has 0 aliphatic heterocycles. The van der Waals surface area contributed by atoms with E-state index in [1.807, 2.05) is 0 Å². The number of hydrogen-bond donors (Lipinski definition) is 1. The Balaban J connectivity index is 2.02. The molecule has 1 N–H and O–H groups in total. The maximum atomic E-state index is 12.1. The van der Waals surface area contributed by atoms with Crippen LogP contribution in [-0.4, -0.2) is 55.7 Å². The Hall–Kier alpha value is -2.98. The SMILES string of the molecule is CC(=O)c1cc(C(=O)OCC(=O)Nc2cccc(S(=O)(=O)N(C)C)c2)n(C)c1. The molecule has 0 aliphatic carbocycles. The van der Waals surface area contributed by atoms with E-state index >= 15 is 0 Å². The molecule has 1 amide bonds. The number of aryl methyl sites for hydroxylation is 1. The molecule has 9 nitrogen and oxygen atoms in total. The van der Waals surface area contributed by atoms with Crippen molar-refractivity contribution in [3.63, 3.8) is 0 Å². The standard InChI is InChI=1S/C18H21N3O6S/c1-12(22)13-8-16(21(4)10-13)18(24)27-11-17(23)19-14-6-5-7-15(9-14)28(25,26)20(2)3/h5-10H,11H2,1-4H3,(H,19,23). The van der Waals surface area contributed by atoms with Crippen molar-refractivity contribution in [1.29, 1.82) is 0 Å². The molecule has 150 valence electrons. The highest BCUT2D eigenvalue weighted by molar-refractivity contribution is 7.89. The van der Waals surface area contributed by atoms with Crippen molar-refractivity contribution in [2.24, 2.45) is 7.05 Å². The van der Waals surface area contributed by atoms with Crippen molar-refractivity contribution in [3.05, 3.63) is 47.8 Å². The Labute approximate surface area is 162 Å². The van der Waals surface area contributed by atoms with Crippen molar-refractivity contribution in [2.75, 3.05) is 26.0 Å². The fraction of sp³-hybridized carbons (Fsp3) is 0.278. The first-order chi connectivity index (χ1) is 13.0. The number of nitrogens with zero attached hydrogens (tertiary/aromatic N) is 2. The molecule has 0 bridgehead atoms. The zero-order valence-corrected chi connectivity index (χ0v) is 16.7. The Kier molecular flexibility index (Phi) is 6.37. The summed E-state index contributed by atoms with van der Waals surface area (Å²) in [6.45, 7) is 0.812. The van der Waals surface area contributed by atoms with E-state index in [-0.39, 0.29) is 22.1 Å². The van der Waals surface area contributed by atoms with Crippen LogP contribution in [0, 0.1) is 0 Å². The number of sulfonamides is 1. The zero-order valence-electron chi connectivity index (χ0n) is 15.9. The minimum Gasteiger partial charge on any atom is -0.451 e. The van der Waals surface area contributed by atoms with Crippen molar-refractivity contribution >= 4 is 33.4 Å². The number of Topliss-reactive ketones (excluding diaryl/α,β-unsaturated/α-hetero) is 1. The van der Waals surface area contributed by atoms with Crippen LogP contribution in [0.25, 0.3) is 0 Å². The second kappa shape index (κ2) is 8.36. The number of anilines is 1. The van der Waals surface area contributed by atoms with Gasteiger partial charge in [-0.1, -0.05) is 6.07 Å². The highest BCUT2D eigenvalue weighted by Gasteiger charge is 2.19. The van der Waals surface area contributed by atoms with Gasteiger partial charge in [-0.2, -0.15) is 0 Å². The van der Waals surface area contributed by atoms with Gasteiger partial charge in [-0.3, -0.25) is 9.59 Å². The predicted octanol–water partition coefficient (Wildman–Crippen LogP) is 1.27. The lowest BCUT2D eigenvalue weighted by Gasteiger charge is -2.12. The van der Waals surface area contributed by atoms with Crippen LogP contribution in [0.4, 0.5) is 5.69 Å². The van der Waals surface area contributed by atoms with Gasteiger partial charge in [0.05, 0.1) is 4.90 Å². The lowest BCUT2D eigenvalue weighted by Crippen LogP contribution is -2.23. The largest absolute Gasteiger partial charge is 0.451 e. The zero-order chi connectivity index (χ0) is 21.1. The molecular formula is C18H21N3O6S. The van der Waals surface area contributed by atoms with Crippen LogP contribution in [0.5, 0.6) is 0 Å². The van der Waals surface area contributed by atoms with Gasteiger partial charge in [0.15, 0.2) is 12.4 Å². The molecule has 1 aromatic carbocycles. The van der Waals surface area contributed by atoms with Gasteiger partial charge in [-0.15, -0.1) is 0 Å². The van der Waals surface area contributed by atoms with Crippen LogP contribution in [0.2, 0.25) is 0 Å². The molecule has 2 aromatic rings. The number of ketones is 1. The van der Waals surface area contributed by atoms with Gasteiger partial charge in [-0.05, 0) is 31.2 Å². The summed E-state index contributed by atoms with van der Waals surface area (Å²) in [6, 6.07) is 7.12. The summed E-state index contributed by atoms with van der Waals surface area (Å²) in [4.78, 5) is 35.5. The molecular weight excluding hydrogens is 386 g/mol. The quantitative estimate of drug-likeness (QED) is 0.546. The van der Waals surface area contributed by atoms with Crippen LogP contribution in [0.3, 0.4) is 0 Å². The Morgan fingerprint density at radius 2 is 1.86 bits per heavy atom. The van der Waals surface area contributed by atoms with E-state index in [4.69, 9.17) is 4.74 Å². The number of carbonyl (C=O) groups excluding carboxylic acids is 3. The molecule has 0 atom stereocenters. The number of carbonyl (C=O) groups is 3. The second-order valence-electron chi connectivity index (χ2n) is 6.22. The fourth-order valence-electron chi connectivity index (χ4n) is 2.31. The van der Waals surface area contributed by atoms with Crippen LogP contribution in [0.1, 0.15) is 27.8 Å². The van der Waals surface area contributed by atoms with Crippen molar-refractivity contribution < 1.29 is 27.5 Å². The number of amides is 1. The van der Waals surface area contributed by atoms with E-state index in [1.54, 1.807) is 7.05 Å².